The number of halogens is 2. The van der Waals surface area contributed by atoms with Crippen molar-refractivity contribution >= 4 is 41.7 Å². The second-order valence-electron chi connectivity index (χ2n) is 4.80. The summed E-state index contributed by atoms with van der Waals surface area (Å²) in [6, 6.07) is 5.50. The van der Waals surface area contributed by atoms with Gasteiger partial charge in [0.05, 0.1) is 12.1 Å². The van der Waals surface area contributed by atoms with E-state index in [1.165, 1.54) is 0 Å². The Labute approximate surface area is 135 Å². The van der Waals surface area contributed by atoms with E-state index in [0.717, 1.165) is 34.7 Å². The summed E-state index contributed by atoms with van der Waals surface area (Å²) in [6.07, 6.45) is 4.54. The van der Waals surface area contributed by atoms with Crippen molar-refractivity contribution in [1.29, 1.82) is 0 Å². The first-order valence-corrected chi connectivity index (χ1v) is 8.23. The molecule has 1 aliphatic carbocycles. The van der Waals surface area contributed by atoms with Crippen LogP contribution in [-0.4, -0.2) is 24.0 Å². The molecule has 1 aromatic rings. The van der Waals surface area contributed by atoms with Crippen molar-refractivity contribution in [3.63, 3.8) is 0 Å². The Morgan fingerprint density at radius 3 is 3.05 bits per heavy atom. The Kier molecular flexibility index (Phi) is 7.17. The average Bonchev–Trinajstić information content (AvgIpc) is 2.80. The van der Waals surface area contributed by atoms with Gasteiger partial charge < -0.3 is 11.1 Å². The highest BCUT2D eigenvalue weighted by molar-refractivity contribution is 7.98. The Balaban J connectivity index is 0.00000200. The zero-order valence-corrected chi connectivity index (χ0v) is 13.8. The molecule has 1 unspecified atom stereocenters. The van der Waals surface area contributed by atoms with E-state index in [0.29, 0.717) is 6.42 Å². The number of hydrogen-bond acceptors (Lipinski definition) is 3. The minimum atomic E-state index is -0.421. The number of amides is 1. The van der Waals surface area contributed by atoms with E-state index in [4.69, 9.17) is 17.3 Å². The van der Waals surface area contributed by atoms with Crippen LogP contribution in [0.25, 0.3) is 0 Å². The fourth-order valence-corrected chi connectivity index (χ4v) is 3.18. The summed E-state index contributed by atoms with van der Waals surface area (Å²) in [5.74, 6) is 0.841. The minimum Gasteiger partial charge on any atom is -0.348 e. The van der Waals surface area contributed by atoms with E-state index in [9.17, 15) is 4.79 Å². The molecule has 3 nitrogen and oxygen atoms in total. The number of fused-ring (bicyclic) bond motifs is 1. The van der Waals surface area contributed by atoms with Crippen LogP contribution in [0, 0.1) is 0 Å². The molecule has 2 atom stereocenters. The number of hydrogen-bond donors (Lipinski definition) is 2. The van der Waals surface area contributed by atoms with Gasteiger partial charge in [-0.1, -0.05) is 23.7 Å². The van der Waals surface area contributed by atoms with Crippen LogP contribution in [-0.2, 0) is 11.2 Å². The first-order chi connectivity index (χ1) is 9.13. The number of nitrogens with two attached hydrogens (primary N) is 1. The van der Waals surface area contributed by atoms with E-state index in [-0.39, 0.29) is 24.4 Å². The zero-order chi connectivity index (χ0) is 13.8. The van der Waals surface area contributed by atoms with Gasteiger partial charge in [-0.2, -0.15) is 11.8 Å². The van der Waals surface area contributed by atoms with Gasteiger partial charge in [-0.3, -0.25) is 4.79 Å². The summed E-state index contributed by atoms with van der Waals surface area (Å²) >= 11 is 7.87. The van der Waals surface area contributed by atoms with Gasteiger partial charge in [0, 0.05) is 5.02 Å². The number of carbonyl (C=O) groups excluding carboxylic acids is 1. The van der Waals surface area contributed by atoms with E-state index in [1.54, 1.807) is 11.8 Å². The SMILES string of the molecule is CSCC[C@H](N)C(=O)NC1CCc2c(Cl)cccc21.Cl. The monoisotopic (exact) mass is 334 g/mol. The smallest absolute Gasteiger partial charge is 0.237 e. The molecule has 0 aromatic heterocycles. The first-order valence-electron chi connectivity index (χ1n) is 6.45. The molecule has 20 heavy (non-hydrogen) atoms. The largest absolute Gasteiger partial charge is 0.348 e. The Morgan fingerprint density at radius 1 is 1.60 bits per heavy atom. The van der Waals surface area contributed by atoms with Crippen molar-refractivity contribution in [3.05, 3.63) is 34.3 Å². The maximum Gasteiger partial charge on any atom is 0.237 e. The van der Waals surface area contributed by atoms with Crippen molar-refractivity contribution in [2.75, 3.05) is 12.0 Å². The van der Waals surface area contributed by atoms with E-state index in [2.05, 4.69) is 5.32 Å². The summed E-state index contributed by atoms with van der Waals surface area (Å²) in [4.78, 5) is 12.0. The van der Waals surface area contributed by atoms with Gasteiger partial charge in [0.1, 0.15) is 0 Å². The van der Waals surface area contributed by atoms with Gasteiger partial charge in [-0.25, -0.2) is 0 Å². The maximum absolute atomic E-state index is 12.0. The zero-order valence-electron chi connectivity index (χ0n) is 11.4. The third kappa shape index (κ3) is 4.04. The molecule has 0 radical (unpaired) electrons. The third-order valence-corrected chi connectivity index (χ3v) is 4.50. The van der Waals surface area contributed by atoms with Gasteiger partial charge in [-0.05, 0) is 48.5 Å². The number of rotatable bonds is 5. The number of thioether (sulfide) groups is 1. The van der Waals surface area contributed by atoms with Gasteiger partial charge in [0.2, 0.25) is 5.91 Å². The quantitative estimate of drug-likeness (QED) is 0.870. The summed E-state index contributed by atoms with van der Waals surface area (Å²) in [6.45, 7) is 0. The standard InChI is InChI=1S/C14H19ClN2OS.ClH/c1-19-8-7-12(16)14(18)17-13-6-5-9-10(13)3-2-4-11(9)15;/h2-4,12-13H,5-8,16H2,1H3,(H,17,18);1H/t12-,13?;/m0./s1. The molecule has 3 N–H and O–H groups in total. The lowest BCUT2D eigenvalue weighted by Crippen LogP contribution is -2.42. The molecule has 0 bridgehead atoms. The molecule has 0 spiro atoms. The predicted molar refractivity (Wildman–Crippen MR) is 88.9 cm³/mol. The Morgan fingerprint density at radius 2 is 2.35 bits per heavy atom. The summed E-state index contributed by atoms with van der Waals surface area (Å²) < 4.78 is 0. The molecule has 0 aliphatic heterocycles. The third-order valence-electron chi connectivity index (χ3n) is 3.50. The highest BCUT2D eigenvalue weighted by atomic mass is 35.5. The molecule has 0 saturated heterocycles. The molecule has 1 amide bonds. The van der Waals surface area contributed by atoms with Crippen LogP contribution < -0.4 is 11.1 Å². The molecule has 6 heteroatoms. The average molecular weight is 335 g/mol. The van der Waals surface area contributed by atoms with Crippen LogP contribution in [0.3, 0.4) is 0 Å². The van der Waals surface area contributed by atoms with Crippen molar-refractivity contribution < 1.29 is 4.79 Å². The molecule has 1 aliphatic rings. The predicted octanol–water partition coefficient (Wildman–Crippen LogP) is 2.95. The first kappa shape index (κ1) is 17.6. The van der Waals surface area contributed by atoms with Crippen LogP contribution in [0.1, 0.15) is 30.0 Å². The molecular formula is C14H20Cl2N2OS. The van der Waals surface area contributed by atoms with Crippen molar-refractivity contribution in [2.45, 2.75) is 31.3 Å². The fraction of sp³-hybridized carbons (Fsp3) is 0.500. The van der Waals surface area contributed by atoms with E-state index in [1.807, 2.05) is 24.5 Å². The van der Waals surface area contributed by atoms with Crippen LogP contribution in [0.4, 0.5) is 0 Å². The van der Waals surface area contributed by atoms with Crippen LogP contribution >= 0.6 is 35.8 Å². The normalized spacial score (nSPS) is 18.1. The van der Waals surface area contributed by atoms with Gasteiger partial charge in [0.25, 0.3) is 0 Å². The van der Waals surface area contributed by atoms with Gasteiger partial charge >= 0.3 is 0 Å². The lowest BCUT2D eigenvalue weighted by molar-refractivity contribution is -0.123. The Bertz CT molecular complexity index is 470. The van der Waals surface area contributed by atoms with Crippen LogP contribution in [0.15, 0.2) is 18.2 Å². The highest BCUT2D eigenvalue weighted by Crippen LogP contribution is 2.35. The van der Waals surface area contributed by atoms with E-state index >= 15 is 0 Å². The minimum absolute atomic E-state index is 0. The second kappa shape index (κ2) is 8.13. The fourth-order valence-electron chi connectivity index (χ4n) is 2.41. The molecule has 0 fully saturated rings. The molecule has 0 heterocycles. The second-order valence-corrected chi connectivity index (χ2v) is 6.19. The molecule has 2 rings (SSSR count). The van der Waals surface area contributed by atoms with Crippen molar-refractivity contribution in [3.8, 4) is 0 Å². The molecule has 112 valence electrons. The van der Waals surface area contributed by atoms with Crippen LogP contribution in [0.2, 0.25) is 5.02 Å². The summed E-state index contributed by atoms with van der Waals surface area (Å²) in [5, 5.41) is 3.83. The van der Waals surface area contributed by atoms with Crippen molar-refractivity contribution in [2.24, 2.45) is 5.73 Å². The lowest BCUT2D eigenvalue weighted by Gasteiger charge is -2.17. The van der Waals surface area contributed by atoms with Gasteiger partial charge in [0.15, 0.2) is 0 Å². The number of carbonyl (C=O) groups is 1. The Hall–Kier alpha value is -0.420. The van der Waals surface area contributed by atoms with Gasteiger partial charge in [-0.15, -0.1) is 12.4 Å². The van der Waals surface area contributed by atoms with Crippen molar-refractivity contribution in [1.82, 2.24) is 5.32 Å². The number of benzene rings is 1. The molecule has 0 saturated carbocycles. The highest BCUT2D eigenvalue weighted by Gasteiger charge is 2.26. The molecule has 1 aromatic carbocycles. The topological polar surface area (TPSA) is 55.1 Å². The van der Waals surface area contributed by atoms with E-state index < -0.39 is 6.04 Å². The van der Waals surface area contributed by atoms with Crippen LogP contribution in [0.5, 0.6) is 0 Å². The summed E-state index contributed by atoms with van der Waals surface area (Å²) in [5.41, 5.74) is 8.18. The lowest BCUT2D eigenvalue weighted by atomic mass is 10.1. The number of nitrogens with one attached hydrogen (secondary N) is 1. The summed E-state index contributed by atoms with van der Waals surface area (Å²) in [7, 11) is 0. The molecular weight excluding hydrogens is 315 g/mol. The maximum atomic E-state index is 12.0.